The fourth-order valence-corrected chi connectivity index (χ4v) is 5.33. The molecule has 4 heterocycles. The van der Waals surface area contributed by atoms with Crippen LogP contribution >= 0.6 is 0 Å². The molecule has 0 saturated carbocycles. The molecule has 33 heavy (non-hydrogen) atoms. The van der Waals surface area contributed by atoms with Gasteiger partial charge >= 0.3 is 0 Å². The first-order valence-electron chi connectivity index (χ1n) is 12.0. The quantitative estimate of drug-likeness (QED) is 0.774. The van der Waals surface area contributed by atoms with E-state index in [0.717, 1.165) is 60.7 Å². The lowest BCUT2D eigenvalue weighted by Crippen LogP contribution is -2.36. The van der Waals surface area contributed by atoms with Gasteiger partial charge in [0, 0.05) is 57.0 Å². The van der Waals surface area contributed by atoms with Crippen molar-refractivity contribution in [2.45, 2.75) is 51.6 Å². The number of nitrogens with one attached hydrogen (secondary N) is 1. The van der Waals surface area contributed by atoms with Crippen molar-refractivity contribution < 1.29 is 9.59 Å². The third-order valence-corrected chi connectivity index (χ3v) is 7.14. The van der Waals surface area contributed by atoms with E-state index in [-0.39, 0.29) is 17.9 Å². The minimum absolute atomic E-state index is 0.0382. The molecule has 2 amide bonds. The molecule has 0 aliphatic carbocycles. The van der Waals surface area contributed by atoms with Crippen LogP contribution in [0.25, 0.3) is 0 Å². The van der Waals surface area contributed by atoms with Gasteiger partial charge in [-0.2, -0.15) is 0 Å². The summed E-state index contributed by atoms with van der Waals surface area (Å²) in [5, 5.41) is 3.21. The molecule has 0 bridgehead atoms. The Morgan fingerprint density at radius 3 is 2.64 bits per heavy atom. The summed E-state index contributed by atoms with van der Waals surface area (Å²) in [6, 6.07) is 7.86. The zero-order chi connectivity index (χ0) is 22.9. The number of amides is 2. The monoisotopic (exact) mass is 448 g/mol. The van der Waals surface area contributed by atoms with E-state index in [0.29, 0.717) is 25.5 Å². The van der Waals surface area contributed by atoms with Crippen LogP contribution in [0.2, 0.25) is 0 Å². The third-order valence-electron chi connectivity index (χ3n) is 7.14. The largest absolute Gasteiger partial charge is 0.373 e. The number of anilines is 2. The lowest BCUT2D eigenvalue weighted by Gasteiger charge is -2.30. The average molecular weight is 449 g/mol. The summed E-state index contributed by atoms with van der Waals surface area (Å²) in [7, 11) is 1.87. The number of benzene rings is 1. The fraction of sp³-hybridized carbons (Fsp3) is 0.520. The van der Waals surface area contributed by atoms with Gasteiger partial charge < -0.3 is 20.0 Å². The van der Waals surface area contributed by atoms with E-state index in [1.54, 1.807) is 6.92 Å². The number of nitrogens with zero attached hydrogens (tertiary/aromatic N) is 5. The van der Waals surface area contributed by atoms with Crippen LogP contribution in [0.15, 0.2) is 24.3 Å². The Hall–Kier alpha value is -3.16. The number of carbonyl (C=O) groups is 2. The topological polar surface area (TPSA) is 81.7 Å². The standard InChI is InChI=1S/C25H32N6O2/c1-17(32)30-14-10-20-21(16-30)27-24(28-23(20)26-2)22-9-6-13-31(22)25(33)18-7-5-8-19(15-18)29-11-3-4-12-29/h5,7-8,15,22H,3-4,6,9-14,16H2,1-2H3,(H,26,27,28)/t22-/m1/s1. The zero-order valence-electron chi connectivity index (χ0n) is 19.5. The smallest absolute Gasteiger partial charge is 0.254 e. The van der Waals surface area contributed by atoms with Crippen LogP contribution in [-0.2, 0) is 17.8 Å². The summed E-state index contributed by atoms with van der Waals surface area (Å²) in [6.45, 7) is 5.58. The second-order valence-electron chi connectivity index (χ2n) is 9.20. The number of aromatic nitrogens is 2. The molecule has 2 aromatic rings. The molecule has 1 atom stereocenters. The van der Waals surface area contributed by atoms with Gasteiger partial charge in [-0.05, 0) is 50.3 Å². The highest BCUT2D eigenvalue weighted by atomic mass is 16.2. The number of carbonyl (C=O) groups excluding carboxylic acids is 2. The minimum Gasteiger partial charge on any atom is -0.373 e. The second-order valence-corrected chi connectivity index (χ2v) is 9.20. The molecule has 2 fully saturated rings. The molecule has 0 radical (unpaired) electrons. The van der Waals surface area contributed by atoms with E-state index in [1.807, 2.05) is 35.0 Å². The summed E-state index contributed by atoms with van der Waals surface area (Å²) in [6.07, 6.45) is 4.92. The molecule has 1 N–H and O–H groups in total. The Kier molecular flexibility index (Phi) is 5.91. The predicted octanol–water partition coefficient (Wildman–Crippen LogP) is 3.00. The van der Waals surface area contributed by atoms with Gasteiger partial charge in [-0.25, -0.2) is 9.97 Å². The number of hydrogen-bond donors (Lipinski definition) is 1. The van der Waals surface area contributed by atoms with E-state index in [1.165, 1.54) is 12.8 Å². The summed E-state index contributed by atoms with van der Waals surface area (Å²) in [5.74, 6) is 1.58. The van der Waals surface area contributed by atoms with Crippen molar-refractivity contribution in [3.05, 3.63) is 46.9 Å². The Bertz CT molecular complexity index is 1060. The molecule has 3 aliphatic rings. The molecular weight excluding hydrogens is 416 g/mol. The summed E-state index contributed by atoms with van der Waals surface area (Å²) >= 11 is 0. The maximum atomic E-state index is 13.6. The first-order valence-corrected chi connectivity index (χ1v) is 12.0. The average Bonchev–Trinajstić information content (AvgIpc) is 3.55. The predicted molar refractivity (Wildman–Crippen MR) is 127 cm³/mol. The van der Waals surface area contributed by atoms with Crippen molar-refractivity contribution >= 4 is 23.3 Å². The van der Waals surface area contributed by atoms with E-state index in [2.05, 4.69) is 16.3 Å². The molecule has 2 saturated heterocycles. The van der Waals surface area contributed by atoms with Gasteiger partial charge in [0.15, 0.2) is 5.82 Å². The van der Waals surface area contributed by atoms with Crippen LogP contribution in [0.3, 0.4) is 0 Å². The van der Waals surface area contributed by atoms with E-state index >= 15 is 0 Å². The van der Waals surface area contributed by atoms with Crippen LogP contribution in [-0.4, -0.2) is 64.8 Å². The lowest BCUT2D eigenvalue weighted by molar-refractivity contribution is -0.129. The molecule has 5 rings (SSSR count). The van der Waals surface area contributed by atoms with Gasteiger partial charge in [0.05, 0.1) is 18.3 Å². The van der Waals surface area contributed by atoms with Gasteiger partial charge in [-0.3, -0.25) is 9.59 Å². The first kappa shape index (κ1) is 21.7. The molecule has 0 spiro atoms. The Morgan fingerprint density at radius 2 is 1.88 bits per heavy atom. The highest BCUT2D eigenvalue weighted by Crippen LogP contribution is 2.34. The van der Waals surface area contributed by atoms with Crippen molar-refractivity contribution in [3.8, 4) is 0 Å². The summed E-state index contributed by atoms with van der Waals surface area (Å²) in [4.78, 5) is 41.3. The molecule has 1 aromatic heterocycles. The van der Waals surface area contributed by atoms with Gasteiger partial charge in [0.2, 0.25) is 5.91 Å². The van der Waals surface area contributed by atoms with Gasteiger partial charge in [0.25, 0.3) is 5.91 Å². The van der Waals surface area contributed by atoms with Crippen LogP contribution < -0.4 is 10.2 Å². The SMILES string of the molecule is CNc1nc([C@H]2CCCN2C(=O)c2cccc(N3CCCC3)c2)nc2c1CCN(C(C)=O)C2. The lowest BCUT2D eigenvalue weighted by atomic mass is 10.0. The molecule has 3 aliphatic heterocycles. The molecular formula is C25H32N6O2. The number of fused-ring (bicyclic) bond motifs is 1. The normalized spacial score (nSPS) is 20.2. The Balaban J connectivity index is 1.43. The van der Waals surface area contributed by atoms with Gasteiger partial charge in [0.1, 0.15) is 5.82 Å². The van der Waals surface area contributed by atoms with Crippen molar-refractivity contribution in [2.75, 3.05) is 43.4 Å². The molecule has 174 valence electrons. The summed E-state index contributed by atoms with van der Waals surface area (Å²) < 4.78 is 0. The zero-order valence-corrected chi connectivity index (χ0v) is 19.5. The highest BCUT2D eigenvalue weighted by Gasteiger charge is 2.34. The van der Waals surface area contributed by atoms with Crippen LogP contribution in [0.4, 0.5) is 11.5 Å². The maximum Gasteiger partial charge on any atom is 0.254 e. The van der Waals surface area contributed by atoms with E-state index in [4.69, 9.17) is 9.97 Å². The van der Waals surface area contributed by atoms with Gasteiger partial charge in [-0.15, -0.1) is 0 Å². The van der Waals surface area contributed by atoms with E-state index in [9.17, 15) is 9.59 Å². The van der Waals surface area contributed by atoms with Crippen molar-refractivity contribution in [3.63, 3.8) is 0 Å². The number of likely N-dealkylation sites (tertiary alicyclic amines) is 1. The number of rotatable bonds is 4. The van der Waals surface area contributed by atoms with Crippen molar-refractivity contribution in [2.24, 2.45) is 0 Å². The van der Waals surface area contributed by atoms with Crippen LogP contribution in [0.5, 0.6) is 0 Å². The second kappa shape index (κ2) is 9.00. The molecule has 0 unspecified atom stereocenters. The van der Waals surface area contributed by atoms with Crippen molar-refractivity contribution in [1.82, 2.24) is 19.8 Å². The van der Waals surface area contributed by atoms with E-state index < -0.39 is 0 Å². The fourth-order valence-electron chi connectivity index (χ4n) is 5.33. The molecule has 8 nitrogen and oxygen atoms in total. The first-order chi connectivity index (χ1) is 16.0. The van der Waals surface area contributed by atoms with Gasteiger partial charge in [-0.1, -0.05) is 6.07 Å². The molecule has 1 aromatic carbocycles. The third kappa shape index (κ3) is 4.14. The minimum atomic E-state index is -0.155. The Morgan fingerprint density at radius 1 is 1.06 bits per heavy atom. The van der Waals surface area contributed by atoms with Crippen LogP contribution in [0.1, 0.15) is 66.1 Å². The Labute approximate surface area is 195 Å². The van der Waals surface area contributed by atoms with Crippen molar-refractivity contribution in [1.29, 1.82) is 0 Å². The highest BCUT2D eigenvalue weighted by molar-refractivity contribution is 5.95. The maximum absolute atomic E-state index is 13.6. The number of hydrogen-bond acceptors (Lipinski definition) is 6. The van der Waals surface area contributed by atoms with Crippen LogP contribution in [0, 0.1) is 0 Å². The summed E-state index contributed by atoms with van der Waals surface area (Å²) in [5.41, 5.74) is 3.82. The molecule has 8 heteroatoms.